The molecule has 0 N–H and O–H groups in total. The summed E-state index contributed by atoms with van der Waals surface area (Å²) in [7, 11) is 0. The van der Waals surface area contributed by atoms with Gasteiger partial charge in [0.2, 0.25) is 0 Å². The molecule has 3 rings (SSSR count). The second-order valence-electron chi connectivity index (χ2n) is 5.52. The Hall–Kier alpha value is -2.50. The number of rotatable bonds is 5. The molecule has 114 valence electrons. The van der Waals surface area contributed by atoms with E-state index in [0.717, 1.165) is 23.4 Å². The van der Waals surface area contributed by atoms with E-state index in [-0.39, 0.29) is 0 Å². The van der Waals surface area contributed by atoms with Crippen molar-refractivity contribution in [3.8, 4) is 6.07 Å². The van der Waals surface area contributed by atoms with Crippen molar-refractivity contribution in [2.24, 2.45) is 0 Å². The molecule has 2 aromatic carbocycles. The van der Waals surface area contributed by atoms with E-state index >= 15 is 0 Å². The Kier molecular flexibility index (Phi) is 4.80. The lowest BCUT2D eigenvalue weighted by Crippen LogP contribution is -2.07. The van der Waals surface area contributed by atoms with Crippen molar-refractivity contribution in [1.29, 1.82) is 5.26 Å². The van der Waals surface area contributed by atoms with Gasteiger partial charge >= 0.3 is 0 Å². The first-order valence-corrected chi connectivity index (χ1v) is 8.01. The van der Waals surface area contributed by atoms with Crippen molar-refractivity contribution in [3.05, 3.63) is 94.3 Å². The standard InChI is InChI=1S/C20H17ClN2/c21-18-9-6-17(7-10-18)15-23-19(12-13-20(23)14-22)11-8-16-4-2-1-3-5-16/h1-7,9-10,12-13H,8,11,15H2. The van der Waals surface area contributed by atoms with Gasteiger partial charge in [-0.25, -0.2) is 0 Å². The van der Waals surface area contributed by atoms with Crippen molar-refractivity contribution >= 4 is 11.6 Å². The van der Waals surface area contributed by atoms with E-state index in [1.165, 1.54) is 11.3 Å². The average molecular weight is 321 g/mol. The molecule has 0 aliphatic rings. The minimum Gasteiger partial charge on any atom is -0.332 e. The van der Waals surface area contributed by atoms with E-state index < -0.39 is 0 Å². The van der Waals surface area contributed by atoms with Crippen molar-refractivity contribution < 1.29 is 0 Å². The fraction of sp³-hybridized carbons (Fsp3) is 0.150. The molecule has 0 radical (unpaired) electrons. The highest BCUT2D eigenvalue weighted by Gasteiger charge is 2.09. The SMILES string of the molecule is N#Cc1ccc(CCc2ccccc2)n1Cc1ccc(Cl)cc1. The van der Waals surface area contributed by atoms with E-state index in [2.05, 4.69) is 41.0 Å². The van der Waals surface area contributed by atoms with Crippen molar-refractivity contribution in [2.75, 3.05) is 0 Å². The lowest BCUT2D eigenvalue weighted by molar-refractivity contribution is 0.724. The summed E-state index contributed by atoms with van der Waals surface area (Å²) in [5.74, 6) is 0. The fourth-order valence-corrected chi connectivity index (χ4v) is 2.83. The number of hydrogen-bond donors (Lipinski definition) is 0. The maximum atomic E-state index is 9.35. The van der Waals surface area contributed by atoms with Crippen LogP contribution in [0.25, 0.3) is 0 Å². The van der Waals surface area contributed by atoms with Crippen LogP contribution in [0.3, 0.4) is 0 Å². The van der Waals surface area contributed by atoms with Crippen LogP contribution in [0.5, 0.6) is 0 Å². The highest BCUT2D eigenvalue weighted by atomic mass is 35.5. The summed E-state index contributed by atoms with van der Waals surface area (Å²) in [5.41, 5.74) is 4.33. The van der Waals surface area contributed by atoms with Crippen molar-refractivity contribution in [3.63, 3.8) is 0 Å². The topological polar surface area (TPSA) is 28.7 Å². The van der Waals surface area contributed by atoms with Gasteiger partial charge in [0.05, 0.1) is 0 Å². The lowest BCUT2D eigenvalue weighted by Gasteiger charge is -2.11. The normalized spacial score (nSPS) is 10.4. The van der Waals surface area contributed by atoms with Gasteiger partial charge in [0, 0.05) is 17.3 Å². The van der Waals surface area contributed by atoms with Gasteiger partial charge in [-0.3, -0.25) is 0 Å². The largest absolute Gasteiger partial charge is 0.332 e. The Morgan fingerprint density at radius 2 is 1.57 bits per heavy atom. The minimum atomic E-state index is 0.692. The third kappa shape index (κ3) is 3.83. The monoisotopic (exact) mass is 320 g/mol. The van der Waals surface area contributed by atoms with Gasteiger partial charge in [0.1, 0.15) is 11.8 Å². The lowest BCUT2D eigenvalue weighted by atomic mass is 10.1. The summed E-state index contributed by atoms with van der Waals surface area (Å²) in [6.07, 6.45) is 1.88. The van der Waals surface area contributed by atoms with Gasteiger partial charge in [-0.05, 0) is 48.2 Å². The first kappa shape index (κ1) is 15.4. The van der Waals surface area contributed by atoms with Crippen LogP contribution in [0, 0.1) is 11.3 Å². The van der Waals surface area contributed by atoms with Gasteiger partial charge in [0.15, 0.2) is 0 Å². The first-order valence-electron chi connectivity index (χ1n) is 7.63. The molecule has 23 heavy (non-hydrogen) atoms. The minimum absolute atomic E-state index is 0.692. The molecule has 0 aliphatic heterocycles. The third-order valence-corrected chi connectivity index (χ3v) is 4.20. The molecule has 2 nitrogen and oxygen atoms in total. The van der Waals surface area contributed by atoms with Crippen LogP contribution in [0.2, 0.25) is 5.02 Å². The molecule has 0 bridgehead atoms. The molecule has 3 aromatic rings. The number of halogens is 1. The number of aromatic nitrogens is 1. The van der Waals surface area contributed by atoms with Crippen LogP contribution >= 0.6 is 11.6 Å². The molecule has 1 heterocycles. The summed E-state index contributed by atoms with van der Waals surface area (Å²) in [6.45, 7) is 0.692. The number of hydrogen-bond acceptors (Lipinski definition) is 1. The average Bonchev–Trinajstić information content (AvgIpc) is 2.98. The second-order valence-corrected chi connectivity index (χ2v) is 5.96. The zero-order valence-electron chi connectivity index (χ0n) is 12.7. The van der Waals surface area contributed by atoms with Crippen LogP contribution < -0.4 is 0 Å². The van der Waals surface area contributed by atoms with E-state index in [9.17, 15) is 5.26 Å². The molecule has 0 spiro atoms. The van der Waals surface area contributed by atoms with Crippen LogP contribution in [-0.2, 0) is 19.4 Å². The zero-order chi connectivity index (χ0) is 16.1. The molecule has 0 atom stereocenters. The predicted molar refractivity (Wildman–Crippen MR) is 93.6 cm³/mol. The molecule has 0 amide bonds. The number of nitriles is 1. The summed E-state index contributed by atoms with van der Waals surface area (Å²) in [4.78, 5) is 0. The maximum Gasteiger partial charge on any atom is 0.120 e. The Morgan fingerprint density at radius 3 is 2.26 bits per heavy atom. The molecule has 0 saturated heterocycles. The summed E-state index contributed by atoms with van der Waals surface area (Å²) in [5, 5.41) is 10.1. The Balaban J connectivity index is 1.80. The zero-order valence-corrected chi connectivity index (χ0v) is 13.5. The first-order chi connectivity index (χ1) is 11.3. The van der Waals surface area contributed by atoms with Crippen LogP contribution in [0.15, 0.2) is 66.7 Å². The van der Waals surface area contributed by atoms with Gasteiger partial charge in [-0.15, -0.1) is 0 Å². The van der Waals surface area contributed by atoms with E-state index in [1.807, 2.05) is 36.4 Å². The Bertz CT molecular complexity index is 811. The van der Waals surface area contributed by atoms with E-state index in [0.29, 0.717) is 12.2 Å². The smallest absolute Gasteiger partial charge is 0.120 e. The van der Waals surface area contributed by atoms with Crippen LogP contribution in [-0.4, -0.2) is 4.57 Å². The van der Waals surface area contributed by atoms with E-state index in [1.54, 1.807) is 0 Å². The number of aryl methyl sites for hydroxylation is 2. The molecule has 0 aliphatic carbocycles. The molecular formula is C20H17ClN2. The van der Waals surface area contributed by atoms with Crippen LogP contribution in [0.1, 0.15) is 22.5 Å². The summed E-state index contributed by atoms with van der Waals surface area (Å²) < 4.78 is 2.09. The van der Waals surface area contributed by atoms with Crippen molar-refractivity contribution in [2.45, 2.75) is 19.4 Å². The highest BCUT2D eigenvalue weighted by molar-refractivity contribution is 6.30. The highest BCUT2D eigenvalue weighted by Crippen LogP contribution is 2.16. The maximum absolute atomic E-state index is 9.35. The quantitative estimate of drug-likeness (QED) is 0.660. The second kappa shape index (κ2) is 7.17. The summed E-state index contributed by atoms with van der Waals surface area (Å²) in [6, 6.07) is 24.4. The van der Waals surface area contributed by atoms with Gasteiger partial charge in [0.25, 0.3) is 0 Å². The molecule has 3 heteroatoms. The molecule has 1 aromatic heterocycles. The van der Waals surface area contributed by atoms with Crippen molar-refractivity contribution in [1.82, 2.24) is 4.57 Å². The third-order valence-electron chi connectivity index (χ3n) is 3.95. The predicted octanol–water partition coefficient (Wildman–Crippen LogP) is 4.85. The Morgan fingerprint density at radius 1 is 0.826 bits per heavy atom. The molecule has 0 saturated carbocycles. The fourth-order valence-electron chi connectivity index (χ4n) is 2.70. The van der Waals surface area contributed by atoms with Gasteiger partial charge in [-0.2, -0.15) is 5.26 Å². The van der Waals surface area contributed by atoms with Crippen LogP contribution in [0.4, 0.5) is 0 Å². The number of nitrogens with zero attached hydrogens (tertiary/aromatic N) is 2. The van der Waals surface area contributed by atoms with Gasteiger partial charge in [-0.1, -0.05) is 54.1 Å². The molecular weight excluding hydrogens is 304 g/mol. The van der Waals surface area contributed by atoms with Gasteiger partial charge < -0.3 is 4.57 Å². The van der Waals surface area contributed by atoms with E-state index in [4.69, 9.17) is 11.6 Å². The molecule has 0 fully saturated rings. The number of benzene rings is 2. The molecule has 0 unspecified atom stereocenters. The summed E-state index contributed by atoms with van der Waals surface area (Å²) >= 11 is 5.94. The Labute approximate surface area is 141 Å².